The molecular weight excluding hydrogens is 384 g/mol. The highest BCUT2D eigenvalue weighted by atomic mass is 16.5. The van der Waals surface area contributed by atoms with Crippen LogP contribution < -0.4 is 19.5 Å². The second-order valence-corrected chi connectivity index (χ2v) is 7.08. The number of para-hydroxylation sites is 1. The Kier molecular flexibility index (Phi) is 7.54. The molecule has 0 spiro atoms. The van der Waals surface area contributed by atoms with Crippen LogP contribution in [0.3, 0.4) is 0 Å². The molecule has 0 saturated carbocycles. The Hall–Kier alpha value is -3.22. The van der Waals surface area contributed by atoms with Gasteiger partial charge in [-0.1, -0.05) is 24.3 Å². The van der Waals surface area contributed by atoms with Gasteiger partial charge >= 0.3 is 0 Å². The minimum Gasteiger partial charge on any atom is -0.496 e. The van der Waals surface area contributed by atoms with Gasteiger partial charge in [0, 0.05) is 19.1 Å². The van der Waals surface area contributed by atoms with Gasteiger partial charge in [0.25, 0.3) is 5.91 Å². The van der Waals surface area contributed by atoms with Crippen molar-refractivity contribution in [1.29, 1.82) is 0 Å². The number of nitrogens with zero attached hydrogens (tertiary/aromatic N) is 1. The Morgan fingerprint density at radius 2 is 1.60 bits per heavy atom. The van der Waals surface area contributed by atoms with Crippen LogP contribution in [0.1, 0.15) is 29.6 Å². The smallest absolute Gasteiger partial charge is 0.259 e. The van der Waals surface area contributed by atoms with E-state index in [1.807, 2.05) is 35.2 Å². The van der Waals surface area contributed by atoms with E-state index in [9.17, 15) is 9.59 Å². The summed E-state index contributed by atoms with van der Waals surface area (Å²) in [6.45, 7) is 1.57. The van der Waals surface area contributed by atoms with Crippen LogP contribution in [0.15, 0.2) is 48.5 Å². The number of rotatable bonds is 8. The highest BCUT2D eigenvalue weighted by Crippen LogP contribution is 2.28. The number of methoxy groups -OCH3 is 2. The predicted molar refractivity (Wildman–Crippen MR) is 113 cm³/mol. The molecule has 2 aromatic carbocycles. The molecule has 0 aliphatic carbocycles. The summed E-state index contributed by atoms with van der Waals surface area (Å²) >= 11 is 0. The quantitative estimate of drug-likeness (QED) is 0.721. The number of carbonyl (C=O) groups excluding carboxylic acids is 2. The van der Waals surface area contributed by atoms with Gasteiger partial charge in [-0.2, -0.15) is 0 Å². The highest BCUT2D eigenvalue weighted by Gasteiger charge is 2.26. The van der Waals surface area contributed by atoms with E-state index in [-0.39, 0.29) is 17.9 Å². The molecule has 2 aromatic rings. The fraction of sp³-hybridized carbons (Fsp3) is 0.391. The summed E-state index contributed by atoms with van der Waals surface area (Å²) < 4.78 is 16.2. The average molecular weight is 412 g/mol. The lowest BCUT2D eigenvalue weighted by molar-refractivity contribution is -0.132. The number of ether oxygens (including phenoxy) is 3. The predicted octanol–water partition coefficient (Wildman–Crippen LogP) is 2.89. The second kappa shape index (κ2) is 10.5. The number of nitrogens with one attached hydrogen (secondary N) is 1. The van der Waals surface area contributed by atoms with Gasteiger partial charge in [0.2, 0.25) is 5.91 Å². The van der Waals surface area contributed by atoms with Gasteiger partial charge in [0.05, 0.1) is 27.2 Å². The van der Waals surface area contributed by atoms with Crippen molar-refractivity contribution in [3.8, 4) is 17.2 Å². The van der Waals surface area contributed by atoms with Gasteiger partial charge in [-0.25, -0.2) is 0 Å². The molecule has 1 aliphatic rings. The fourth-order valence-corrected chi connectivity index (χ4v) is 3.54. The minimum atomic E-state index is -0.231. The van der Waals surface area contributed by atoms with Crippen LogP contribution in [-0.4, -0.2) is 56.7 Å². The molecule has 3 rings (SSSR count). The lowest BCUT2D eigenvalue weighted by Gasteiger charge is -2.32. The molecule has 1 fully saturated rings. The third kappa shape index (κ3) is 5.43. The maximum Gasteiger partial charge on any atom is 0.259 e. The lowest BCUT2D eigenvalue weighted by Crippen LogP contribution is -2.46. The maximum atomic E-state index is 12.8. The van der Waals surface area contributed by atoms with E-state index in [1.54, 1.807) is 18.2 Å². The third-order valence-corrected chi connectivity index (χ3v) is 5.17. The number of hydrogen-bond acceptors (Lipinski definition) is 5. The molecule has 0 bridgehead atoms. The molecule has 160 valence electrons. The molecule has 1 aliphatic heterocycles. The Morgan fingerprint density at radius 3 is 2.20 bits per heavy atom. The molecule has 0 unspecified atom stereocenters. The maximum absolute atomic E-state index is 12.8. The van der Waals surface area contributed by atoms with E-state index in [0.717, 1.165) is 5.75 Å². The summed E-state index contributed by atoms with van der Waals surface area (Å²) in [5, 5.41) is 3.05. The number of hydrogen-bond donors (Lipinski definition) is 1. The van der Waals surface area contributed by atoms with Gasteiger partial charge in [0.1, 0.15) is 22.8 Å². The topological polar surface area (TPSA) is 77.1 Å². The van der Waals surface area contributed by atoms with Crippen molar-refractivity contribution in [2.45, 2.75) is 25.3 Å². The zero-order valence-corrected chi connectivity index (χ0v) is 17.4. The number of likely N-dealkylation sites (tertiary alicyclic amines) is 1. The summed E-state index contributed by atoms with van der Waals surface area (Å²) in [4.78, 5) is 27.1. The molecule has 7 nitrogen and oxygen atoms in total. The first kappa shape index (κ1) is 21.5. The summed E-state index contributed by atoms with van der Waals surface area (Å²) in [7, 11) is 3.05. The van der Waals surface area contributed by atoms with E-state index in [4.69, 9.17) is 14.2 Å². The Morgan fingerprint density at radius 1 is 0.967 bits per heavy atom. The largest absolute Gasteiger partial charge is 0.496 e. The summed E-state index contributed by atoms with van der Waals surface area (Å²) in [5.41, 5.74) is 0.388. The van der Waals surface area contributed by atoms with Crippen molar-refractivity contribution in [3.05, 3.63) is 54.1 Å². The molecule has 1 saturated heterocycles. The van der Waals surface area contributed by atoms with E-state index in [2.05, 4.69) is 5.32 Å². The fourth-order valence-electron chi connectivity index (χ4n) is 3.54. The van der Waals surface area contributed by atoms with E-state index >= 15 is 0 Å². The van der Waals surface area contributed by atoms with E-state index in [0.29, 0.717) is 56.0 Å². The standard InChI is InChI=1S/C23H28N2O5/c1-28-19-9-6-10-20(29-2)22(19)23(27)24-17-11-14-25(15-12-17)21(26)13-16-30-18-7-4-3-5-8-18/h3-10,17H,11-16H2,1-2H3,(H,24,27). The summed E-state index contributed by atoms with van der Waals surface area (Å²) in [6, 6.07) is 14.7. The van der Waals surface area contributed by atoms with Gasteiger partial charge in [-0.3, -0.25) is 9.59 Å². The van der Waals surface area contributed by atoms with Crippen LogP contribution in [-0.2, 0) is 4.79 Å². The highest BCUT2D eigenvalue weighted by molar-refractivity contribution is 5.99. The SMILES string of the molecule is COc1cccc(OC)c1C(=O)NC1CCN(C(=O)CCOc2ccccc2)CC1. The average Bonchev–Trinajstić information content (AvgIpc) is 2.79. The van der Waals surface area contributed by atoms with Gasteiger partial charge in [0.15, 0.2) is 0 Å². The third-order valence-electron chi connectivity index (χ3n) is 5.17. The molecule has 30 heavy (non-hydrogen) atoms. The Balaban J connectivity index is 1.46. The van der Waals surface area contributed by atoms with Gasteiger partial charge < -0.3 is 24.4 Å². The van der Waals surface area contributed by atoms with Crippen molar-refractivity contribution in [1.82, 2.24) is 10.2 Å². The number of amides is 2. The Labute approximate surface area is 176 Å². The monoisotopic (exact) mass is 412 g/mol. The number of carbonyl (C=O) groups is 2. The van der Waals surface area contributed by atoms with Crippen molar-refractivity contribution >= 4 is 11.8 Å². The number of benzene rings is 2. The first-order valence-corrected chi connectivity index (χ1v) is 10.1. The molecular formula is C23H28N2O5. The van der Waals surface area contributed by atoms with Gasteiger partial charge in [-0.15, -0.1) is 0 Å². The van der Waals surface area contributed by atoms with E-state index < -0.39 is 0 Å². The van der Waals surface area contributed by atoms with Crippen molar-refractivity contribution in [2.24, 2.45) is 0 Å². The van der Waals surface area contributed by atoms with Crippen LogP contribution in [0.5, 0.6) is 17.2 Å². The molecule has 0 atom stereocenters. The van der Waals surface area contributed by atoms with Crippen LogP contribution >= 0.6 is 0 Å². The molecule has 1 N–H and O–H groups in total. The van der Waals surface area contributed by atoms with Crippen LogP contribution in [0.4, 0.5) is 0 Å². The lowest BCUT2D eigenvalue weighted by atomic mass is 10.0. The van der Waals surface area contributed by atoms with Crippen LogP contribution in [0.2, 0.25) is 0 Å². The summed E-state index contributed by atoms with van der Waals surface area (Å²) in [5.74, 6) is 1.54. The van der Waals surface area contributed by atoms with Crippen molar-refractivity contribution in [2.75, 3.05) is 33.9 Å². The van der Waals surface area contributed by atoms with Crippen molar-refractivity contribution in [3.63, 3.8) is 0 Å². The Bertz CT molecular complexity index is 826. The molecule has 0 radical (unpaired) electrons. The van der Waals surface area contributed by atoms with E-state index in [1.165, 1.54) is 14.2 Å². The summed E-state index contributed by atoms with van der Waals surface area (Å²) in [6.07, 6.45) is 1.74. The zero-order valence-electron chi connectivity index (χ0n) is 17.4. The molecule has 1 heterocycles. The number of piperidine rings is 1. The first-order valence-electron chi connectivity index (χ1n) is 10.1. The first-order chi connectivity index (χ1) is 14.6. The molecule has 0 aromatic heterocycles. The zero-order chi connectivity index (χ0) is 21.3. The minimum absolute atomic E-state index is 0.00302. The van der Waals surface area contributed by atoms with Crippen molar-refractivity contribution < 1.29 is 23.8 Å². The van der Waals surface area contributed by atoms with Gasteiger partial charge in [-0.05, 0) is 37.1 Å². The van der Waals surface area contributed by atoms with Crippen LogP contribution in [0.25, 0.3) is 0 Å². The second-order valence-electron chi connectivity index (χ2n) is 7.08. The van der Waals surface area contributed by atoms with Crippen LogP contribution in [0, 0.1) is 0 Å². The normalized spacial score (nSPS) is 14.1. The molecule has 2 amide bonds. The molecule has 7 heteroatoms.